The molecule has 0 radical (unpaired) electrons. The van der Waals surface area contributed by atoms with Crippen LogP contribution in [0.2, 0.25) is 0 Å². The highest BCUT2D eigenvalue weighted by molar-refractivity contribution is 7.12. The molecule has 1 unspecified atom stereocenters. The molecule has 0 bridgehead atoms. The summed E-state index contributed by atoms with van der Waals surface area (Å²) >= 11 is 1.32. The van der Waals surface area contributed by atoms with Gasteiger partial charge in [0.05, 0.1) is 18.5 Å². The molecule has 7 nitrogen and oxygen atoms in total. The molecule has 2 aromatic rings. The zero-order valence-electron chi connectivity index (χ0n) is 16.1. The largest absolute Gasteiger partial charge is 0.465 e. The highest BCUT2D eigenvalue weighted by Gasteiger charge is 2.28. The Hall–Kier alpha value is -2.61. The molecular formula is C19H24N2O5S. The van der Waals surface area contributed by atoms with E-state index in [0.717, 1.165) is 0 Å². The molecule has 2 amide bonds. The molecule has 0 aliphatic rings. The molecule has 0 aliphatic carbocycles. The van der Waals surface area contributed by atoms with Gasteiger partial charge in [0, 0.05) is 7.05 Å². The molecule has 146 valence electrons. The number of esters is 1. The lowest BCUT2D eigenvalue weighted by Crippen LogP contribution is -2.49. The average Bonchev–Trinajstić information content (AvgIpc) is 3.27. The number of furan rings is 1. The van der Waals surface area contributed by atoms with Crippen LogP contribution in [0.1, 0.15) is 45.4 Å². The number of carbonyl (C=O) groups excluding carboxylic acids is 3. The molecule has 1 atom stereocenters. The topological polar surface area (TPSA) is 88.9 Å². The van der Waals surface area contributed by atoms with Crippen molar-refractivity contribution in [1.29, 1.82) is 0 Å². The average molecular weight is 392 g/mol. The van der Waals surface area contributed by atoms with Crippen molar-refractivity contribution in [1.82, 2.24) is 10.2 Å². The van der Waals surface area contributed by atoms with Crippen molar-refractivity contribution in [2.24, 2.45) is 5.92 Å². The molecule has 8 heteroatoms. The van der Waals surface area contributed by atoms with Crippen LogP contribution in [-0.2, 0) is 16.1 Å². The minimum absolute atomic E-state index is 0.0900. The van der Waals surface area contributed by atoms with Gasteiger partial charge in [-0.1, -0.05) is 19.9 Å². The summed E-state index contributed by atoms with van der Waals surface area (Å²) in [5.74, 6) is -0.177. The van der Waals surface area contributed by atoms with E-state index in [-0.39, 0.29) is 24.3 Å². The predicted molar refractivity (Wildman–Crippen MR) is 102 cm³/mol. The van der Waals surface area contributed by atoms with Crippen LogP contribution < -0.4 is 5.32 Å². The second kappa shape index (κ2) is 8.85. The summed E-state index contributed by atoms with van der Waals surface area (Å²) in [5, 5.41) is 4.62. The quantitative estimate of drug-likeness (QED) is 0.732. The first-order valence-electron chi connectivity index (χ1n) is 8.51. The van der Waals surface area contributed by atoms with Crippen molar-refractivity contribution in [3.63, 3.8) is 0 Å². The monoisotopic (exact) mass is 392 g/mol. The SMILES string of the molecule is COC(=O)c1cc(CN(C)C(=O)C(NC(=O)c2cccs2)C(C)C)oc1C. The zero-order chi connectivity index (χ0) is 20.1. The van der Waals surface area contributed by atoms with Gasteiger partial charge in [-0.05, 0) is 30.4 Å². The Morgan fingerprint density at radius 2 is 2.04 bits per heavy atom. The molecule has 0 fully saturated rings. The smallest absolute Gasteiger partial charge is 0.341 e. The van der Waals surface area contributed by atoms with Gasteiger partial charge >= 0.3 is 5.97 Å². The fourth-order valence-corrected chi connectivity index (χ4v) is 3.24. The number of carbonyl (C=O) groups is 3. The lowest BCUT2D eigenvalue weighted by Gasteiger charge is -2.26. The summed E-state index contributed by atoms with van der Waals surface area (Å²) in [7, 11) is 2.93. The Morgan fingerprint density at radius 3 is 2.59 bits per heavy atom. The molecule has 2 aromatic heterocycles. The van der Waals surface area contributed by atoms with Crippen LogP contribution in [0.15, 0.2) is 28.0 Å². The number of rotatable bonds is 7. The molecule has 0 saturated heterocycles. The summed E-state index contributed by atoms with van der Waals surface area (Å²) in [6, 6.07) is 4.40. The molecule has 1 N–H and O–H groups in total. The maximum Gasteiger partial charge on any atom is 0.341 e. The molecule has 0 spiro atoms. The Bertz CT molecular complexity index is 810. The molecule has 0 aromatic carbocycles. The standard InChI is InChI=1S/C19H24N2O5S/c1-11(2)16(20-17(22)15-7-6-8-27-15)18(23)21(4)10-13-9-14(12(3)26-13)19(24)25-5/h6-9,11,16H,10H2,1-5H3,(H,20,22). The van der Waals surface area contributed by atoms with Crippen LogP contribution in [0.25, 0.3) is 0 Å². The predicted octanol–water partition coefficient (Wildman–Crippen LogP) is 2.85. The number of thiophene rings is 1. The molecule has 2 heterocycles. The number of amides is 2. The lowest BCUT2D eigenvalue weighted by atomic mass is 10.0. The van der Waals surface area contributed by atoms with Crippen LogP contribution in [0.4, 0.5) is 0 Å². The van der Waals surface area contributed by atoms with E-state index in [1.54, 1.807) is 32.2 Å². The summed E-state index contributed by atoms with van der Waals surface area (Å²) < 4.78 is 10.3. The number of aryl methyl sites for hydroxylation is 1. The van der Waals surface area contributed by atoms with E-state index < -0.39 is 12.0 Å². The number of ether oxygens (including phenoxy) is 1. The van der Waals surface area contributed by atoms with Gasteiger partial charge in [-0.25, -0.2) is 4.79 Å². The fraction of sp³-hybridized carbons (Fsp3) is 0.421. The maximum absolute atomic E-state index is 12.9. The number of likely N-dealkylation sites (N-methyl/N-ethyl adjacent to an activating group) is 1. The normalized spacial score (nSPS) is 11.9. The van der Waals surface area contributed by atoms with Crippen LogP contribution >= 0.6 is 11.3 Å². The zero-order valence-corrected chi connectivity index (χ0v) is 16.9. The van der Waals surface area contributed by atoms with E-state index >= 15 is 0 Å². The Kier molecular flexibility index (Phi) is 6.79. The van der Waals surface area contributed by atoms with Gasteiger partial charge in [-0.15, -0.1) is 11.3 Å². The van der Waals surface area contributed by atoms with Crippen molar-refractivity contribution < 1.29 is 23.5 Å². The Labute approximate surface area is 162 Å². The maximum atomic E-state index is 12.9. The van der Waals surface area contributed by atoms with Crippen molar-refractivity contribution in [3.05, 3.63) is 45.5 Å². The van der Waals surface area contributed by atoms with Gasteiger partial charge in [0.2, 0.25) is 5.91 Å². The third kappa shape index (κ3) is 4.97. The van der Waals surface area contributed by atoms with Crippen molar-refractivity contribution in [2.45, 2.75) is 33.4 Å². The third-order valence-corrected chi connectivity index (χ3v) is 4.98. The molecule has 0 saturated carbocycles. The van der Waals surface area contributed by atoms with Crippen molar-refractivity contribution in [2.75, 3.05) is 14.2 Å². The summed E-state index contributed by atoms with van der Waals surface area (Å²) in [6.07, 6.45) is 0. The van der Waals surface area contributed by atoms with E-state index in [1.165, 1.54) is 23.3 Å². The minimum atomic E-state index is -0.666. The van der Waals surface area contributed by atoms with E-state index in [4.69, 9.17) is 9.15 Å². The minimum Gasteiger partial charge on any atom is -0.465 e. The van der Waals surface area contributed by atoms with Gasteiger partial charge in [-0.3, -0.25) is 9.59 Å². The van der Waals surface area contributed by atoms with Crippen LogP contribution in [-0.4, -0.2) is 42.9 Å². The molecule has 27 heavy (non-hydrogen) atoms. The van der Waals surface area contributed by atoms with Crippen LogP contribution in [0.3, 0.4) is 0 Å². The van der Waals surface area contributed by atoms with Gasteiger partial charge in [0.15, 0.2) is 0 Å². The molecular weight excluding hydrogens is 368 g/mol. The van der Waals surface area contributed by atoms with Crippen LogP contribution in [0.5, 0.6) is 0 Å². The Balaban J connectivity index is 2.09. The first kappa shape index (κ1) is 20.7. The van der Waals surface area contributed by atoms with Crippen molar-refractivity contribution in [3.8, 4) is 0 Å². The van der Waals surface area contributed by atoms with Crippen molar-refractivity contribution >= 4 is 29.1 Å². The fourth-order valence-electron chi connectivity index (χ4n) is 2.62. The van der Waals surface area contributed by atoms with Gasteiger partial charge in [0.25, 0.3) is 5.91 Å². The highest BCUT2D eigenvalue weighted by Crippen LogP contribution is 2.18. The second-order valence-corrected chi connectivity index (χ2v) is 7.49. The number of nitrogens with zero attached hydrogens (tertiary/aromatic N) is 1. The summed E-state index contributed by atoms with van der Waals surface area (Å²) in [6.45, 7) is 5.58. The second-order valence-electron chi connectivity index (χ2n) is 6.54. The highest BCUT2D eigenvalue weighted by atomic mass is 32.1. The van der Waals surface area contributed by atoms with Gasteiger partial charge in [-0.2, -0.15) is 0 Å². The van der Waals surface area contributed by atoms with E-state index in [9.17, 15) is 14.4 Å². The van der Waals surface area contributed by atoms with Gasteiger partial charge in [0.1, 0.15) is 23.1 Å². The number of nitrogens with one attached hydrogen (secondary N) is 1. The van der Waals surface area contributed by atoms with Gasteiger partial charge < -0.3 is 19.4 Å². The summed E-state index contributed by atoms with van der Waals surface area (Å²) in [4.78, 5) is 38.9. The van der Waals surface area contributed by atoms with E-state index in [2.05, 4.69) is 5.32 Å². The number of methoxy groups -OCH3 is 1. The van der Waals surface area contributed by atoms with E-state index in [0.29, 0.717) is 22.0 Å². The first-order chi connectivity index (χ1) is 12.7. The Morgan fingerprint density at radius 1 is 1.33 bits per heavy atom. The first-order valence-corrected chi connectivity index (χ1v) is 9.39. The molecule has 0 aliphatic heterocycles. The summed E-state index contributed by atoms with van der Waals surface area (Å²) in [5.41, 5.74) is 0.333. The lowest BCUT2D eigenvalue weighted by molar-refractivity contribution is -0.133. The number of hydrogen-bond donors (Lipinski definition) is 1. The number of hydrogen-bond acceptors (Lipinski definition) is 6. The third-order valence-electron chi connectivity index (χ3n) is 4.11. The van der Waals surface area contributed by atoms with E-state index in [1.807, 2.05) is 19.2 Å². The van der Waals surface area contributed by atoms with Crippen LogP contribution in [0, 0.1) is 12.8 Å². The molecule has 2 rings (SSSR count).